The van der Waals surface area contributed by atoms with E-state index in [9.17, 15) is 4.79 Å². The molecule has 3 atom stereocenters. The minimum Gasteiger partial charge on any atom is -0.455 e. The van der Waals surface area contributed by atoms with Crippen LogP contribution in [0.3, 0.4) is 0 Å². The van der Waals surface area contributed by atoms with E-state index in [-0.39, 0.29) is 18.7 Å². The molecule has 2 aliphatic rings. The number of fused-ring (bicyclic) bond motifs is 1. The summed E-state index contributed by atoms with van der Waals surface area (Å²) >= 11 is 0. The van der Waals surface area contributed by atoms with Gasteiger partial charge in [-0.05, 0) is 25.0 Å². The first kappa shape index (κ1) is 17.2. The topological polar surface area (TPSA) is 54.0 Å². The van der Waals surface area contributed by atoms with Crippen LogP contribution >= 0.6 is 0 Å². The lowest BCUT2D eigenvalue weighted by molar-refractivity contribution is -0.191. The van der Waals surface area contributed by atoms with Gasteiger partial charge in [0, 0.05) is 0 Å². The summed E-state index contributed by atoms with van der Waals surface area (Å²) in [6.45, 7) is 3.83. The number of carbonyl (C=O) groups is 1. The number of hydrogen-bond acceptors (Lipinski definition) is 5. The number of carbonyl (C=O) groups excluding carboxylic acids is 1. The summed E-state index contributed by atoms with van der Waals surface area (Å²) in [5.41, 5.74) is 2.09. The van der Waals surface area contributed by atoms with Gasteiger partial charge in [-0.1, -0.05) is 60.7 Å². The third-order valence-corrected chi connectivity index (χ3v) is 4.63. The molecule has 136 valence electrons. The van der Waals surface area contributed by atoms with Crippen LogP contribution in [-0.2, 0) is 23.7 Å². The van der Waals surface area contributed by atoms with Crippen LogP contribution in [0.4, 0.5) is 0 Å². The molecule has 0 radical (unpaired) electrons. The fourth-order valence-electron chi connectivity index (χ4n) is 3.49. The number of esters is 1. The first-order valence-corrected chi connectivity index (χ1v) is 8.81. The van der Waals surface area contributed by atoms with Crippen molar-refractivity contribution in [1.29, 1.82) is 0 Å². The fourth-order valence-corrected chi connectivity index (χ4v) is 3.49. The summed E-state index contributed by atoms with van der Waals surface area (Å²) in [5.74, 6) is -1.17. The molecule has 0 amide bonds. The average Bonchev–Trinajstić information content (AvgIpc) is 3.11. The summed E-state index contributed by atoms with van der Waals surface area (Å²) < 4.78 is 23.1. The van der Waals surface area contributed by atoms with Crippen molar-refractivity contribution < 1.29 is 23.7 Å². The van der Waals surface area contributed by atoms with Gasteiger partial charge < -0.3 is 18.9 Å². The van der Waals surface area contributed by atoms with Crippen LogP contribution in [0.5, 0.6) is 0 Å². The van der Waals surface area contributed by atoms with E-state index < -0.39 is 24.1 Å². The molecule has 0 saturated carbocycles. The van der Waals surface area contributed by atoms with Gasteiger partial charge in [0.05, 0.1) is 6.61 Å². The standard InChI is InChI=1S/C21H22O5/c1-21(2)25-18-16(24-20(22)19(18)26-21)13-23-17(14-9-5-3-6-10-14)15-11-7-4-8-12-15/h3-12,16-19H,13H2,1-2H3/t16-,18-,19-/m1/s1. The Morgan fingerprint density at radius 2 is 1.54 bits per heavy atom. The molecule has 2 aromatic carbocycles. The SMILES string of the molecule is CC1(C)O[C@@H]2[C@@H](COC(c3ccccc3)c3ccccc3)OC(=O)[C@@H]2O1. The molecule has 2 aromatic rings. The number of ether oxygens (including phenoxy) is 4. The number of rotatable bonds is 5. The summed E-state index contributed by atoms with van der Waals surface area (Å²) in [7, 11) is 0. The van der Waals surface area contributed by atoms with E-state index in [1.165, 1.54) is 0 Å². The Kier molecular flexibility index (Phi) is 4.53. The molecule has 0 aromatic heterocycles. The largest absolute Gasteiger partial charge is 0.455 e. The second-order valence-electron chi connectivity index (χ2n) is 7.03. The first-order valence-electron chi connectivity index (χ1n) is 8.81. The van der Waals surface area contributed by atoms with Gasteiger partial charge in [0.15, 0.2) is 18.0 Å². The zero-order valence-electron chi connectivity index (χ0n) is 14.8. The number of hydrogen-bond donors (Lipinski definition) is 0. The van der Waals surface area contributed by atoms with Crippen LogP contribution in [0.25, 0.3) is 0 Å². The van der Waals surface area contributed by atoms with Crippen molar-refractivity contribution in [3.8, 4) is 0 Å². The highest BCUT2D eigenvalue weighted by Gasteiger charge is 2.56. The molecule has 0 spiro atoms. The third-order valence-electron chi connectivity index (χ3n) is 4.63. The van der Waals surface area contributed by atoms with E-state index in [0.29, 0.717) is 0 Å². The van der Waals surface area contributed by atoms with Gasteiger partial charge in [0.25, 0.3) is 0 Å². The maximum absolute atomic E-state index is 12.1. The Labute approximate surface area is 152 Å². The molecular weight excluding hydrogens is 332 g/mol. The van der Waals surface area contributed by atoms with Crippen molar-refractivity contribution >= 4 is 5.97 Å². The molecule has 0 aliphatic carbocycles. The van der Waals surface area contributed by atoms with Crippen LogP contribution in [0.1, 0.15) is 31.1 Å². The van der Waals surface area contributed by atoms with Crippen molar-refractivity contribution in [1.82, 2.24) is 0 Å². The second-order valence-corrected chi connectivity index (χ2v) is 7.03. The molecule has 2 aliphatic heterocycles. The zero-order chi connectivity index (χ0) is 18.1. The van der Waals surface area contributed by atoms with E-state index in [1.807, 2.05) is 60.7 Å². The molecule has 4 rings (SSSR count). The average molecular weight is 354 g/mol. The van der Waals surface area contributed by atoms with Crippen LogP contribution in [-0.4, -0.2) is 36.7 Å². The van der Waals surface area contributed by atoms with Gasteiger partial charge in [-0.3, -0.25) is 0 Å². The van der Waals surface area contributed by atoms with Gasteiger partial charge in [-0.15, -0.1) is 0 Å². The predicted molar refractivity (Wildman–Crippen MR) is 94.4 cm³/mol. The van der Waals surface area contributed by atoms with E-state index in [0.717, 1.165) is 11.1 Å². The zero-order valence-corrected chi connectivity index (χ0v) is 14.8. The molecule has 2 saturated heterocycles. The minimum atomic E-state index is -0.786. The van der Waals surface area contributed by atoms with Gasteiger partial charge >= 0.3 is 5.97 Å². The lowest BCUT2D eigenvalue weighted by atomic mass is 10.0. The first-order chi connectivity index (χ1) is 12.5. The molecule has 2 heterocycles. The summed E-state index contributed by atoms with van der Waals surface area (Å²) in [6.07, 6.45) is -1.84. The minimum absolute atomic E-state index is 0.237. The molecule has 5 nitrogen and oxygen atoms in total. The van der Waals surface area contributed by atoms with Crippen molar-refractivity contribution in [2.75, 3.05) is 6.61 Å². The van der Waals surface area contributed by atoms with Crippen molar-refractivity contribution in [2.24, 2.45) is 0 Å². The summed E-state index contributed by atoms with van der Waals surface area (Å²) in [4.78, 5) is 12.1. The Bertz CT molecular complexity index is 719. The molecule has 0 unspecified atom stereocenters. The fraction of sp³-hybridized carbons (Fsp3) is 0.381. The Morgan fingerprint density at radius 3 is 2.12 bits per heavy atom. The molecule has 26 heavy (non-hydrogen) atoms. The molecular formula is C21H22O5. The van der Waals surface area contributed by atoms with E-state index in [1.54, 1.807) is 13.8 Å². The van der Waals surface area contributed by atoms with Crippen molar-refractivity contribution in [2.45, 2.75) is 44.1 Å². The second kappa shape index (κ2) is 6.83. The number of benzene rings is 2. The quantitative estimate of drug-likeness (QED) is 0.772. The van der Waals surface area contributed by atoms with Gasteiger partial charge in [-0.2, -0.15) is 0 Å². The van der Waals surface area contributed by atoms with E-state index in [4.69, 9.17) is 18.9 Å². The predicted octanol–water partition coefficient (Wildman–Crippen LogP) is 3.24. The van der Waals surface area contributed by atoms with Gasteiger partial charge in [-0.25, -0.2) is 4.79 Å². The molecule has 5 heteroatoms. The summed E-state index contributed by atoms with van der Waals surface area (Å²) in [5, 5.41) is 0. The smallest absolute Gasteiger partial charge is 0.338 e. The Hall–Kier alpha value is -2.21. The number of cyclic esters (lactones) is 1. The normalized spacial score (nSPS) is 26.7. The third kappa shape index (κ3) is 3.38. The highest BCUT2D eigenvalue weighted by Crippen LogP contribution is 2.37. The van der Waals surface area contributed by atoms with Crippen LogP contribution in [0, 0.1) is 0 Å². The molecule has 0 N–H and O–H groups in total. The molecule has 2 fully saturated rings. The highest BCUT2D eigenvalue weighted by atomic mass is 16.8. The van der Waals surface area contributed by atoms with Crippen LogP contribution in [0.15, 0.2) is 60.7 Å². The Balaban J connectivity index is 1.52. The van der Waals surface area contributed by atoms with E-state index >= 15 is 0 Å². The van der Waals surface area contributed by atoms with Crippen LogP contribution in [0.2, 0.25) is 0 Å². The highest BCUT2D eigenvalue weighted by molar-refractivity contribution is 5.78. The van der Waals surface area contributed by atoms with Gasteiger partial charge in [0.1, 0.15) is 12.2 Å². The lowest BCUT2D eigenvalue weighted by Gasteiger charge is -2.24. The van der Waals surface area contributed by atoms with Crippen molar-refractivity contribution in [3.63, 3.8) is 0 Å². The van der Waals surface area contributed by atoms with E-state index in [2.05, 4.69) is 0 Å². The Morgan fingerprint density at radius 1 is 0.962 bits per heavy atom. The summed E-state index contributed by atoms with van der Waals surface area (Å²) in [6, 6.07) is 20.0. The lowest BCUT2D eigenvalue weighted by Crippen LogP contribution is -2.33. The van der Waals surface area contributed by atoms with Gasteiger partial charge in [0.2, 0.25) is 0 Å². The maximum atomic E-state index is 12.1. The maximum Gasteiger partial charge on any atom is 0.338 e. The molecule has 0 bridgehead atoms. The monoisotopic (exact) mass is 354 g/mol. The van der Waals surface area contributed by atoms with Crippen LogP contribution < -0.4 is 0 Å². The van der Waals surface area contributed by atoms with Crippen molar-refractivity contribution in [3.05, 3.63) is 71.8 Å².